The first-order valence-electron chi connectivity index (χ1n) is 9.96. The third-order valence-electron chi connectivity index (χ3n) is 5.50. The van der Waals surface area contributed by atoms with Crippen molar-refractivity contribution in [1.82, 2.24) is 5.32 Å². The summed E-state index contributed by atoms with van der Waals surface area (Å²) in [5.74, 6) is -1.07. The number of benzene rings is 1. The predicted octanol–water partition coefficient (Wildman–Crippen LogP) is 1.54. The number of ether oxygens (including phenoxy) is 2. The van der Waals surface area contributed by atoms with Crippen molar-refractivity contribution < 1.29 is 28.6 Å². The van der Waals surface area contributed by atoms with E-state index in [4.69, 9.17) is 13.9 Å². The van der Waals surface area contributed by atoms with Crippen LogP contribution in [0, 0.1) is 13.8 Å². The van der Waals surface area contributed by atoms with E-state index in [1.165, 1.54) is 0 Å². The van der Waals surface area contributed by atoms with Gasteiger partial charge in [-0.3, -0.25) is 4.79 Å². The highest BCUT2D eigenvalue weighted by atomic mass is 16.5. The number of carboxylic acid groups (broad SMARTS) is 1. The highest BCUT2D eigenvalue weighted by molar-refractivity contribution is 5.92. The molecule has 162 valence electrons. The molecule has 0 saturated heterocycles. The topological polar surface area (TPSA) is 118 Å². The lowest BCUT2D eigenvalue weighted by Gasteiger charge is -2.33. The van der Waals surface area contributed by atoms with Crippen molar-refractivity contribution in [3.63, 3.8) is 0 Å². The summed E-state index contributed by atoms with van der Waals surface area (Å²) in [5, 5.41) is 14.0. The fourth-order valence-electron chi connectivity index (χ4n) is 3.55. The van der Waals surface area contributed by atoms with Gasteiger partial charge in [-0.05, 0) is 52.5 Å². The molecule has 0 radical (unpaired) electrons. The number of aliphatic carboxylic acids is 1. The van der Waals surface area contributed by atoms with Crippen molar-refractivity contribution in [2.75, 3.05) is 6.61 Å². The normalized spacial score (nSPS) is 15.8. The zero-order valence-electron chi connectivity index (χ0n) is 17.8. The van der Waals surface area contributed by atoms with Crippen LogP contribution in [-0.2, 0) is 16.0 Å². The Labute approximate surface area is 174 Å². The standard InChI is InChI=1S/C22H27NO7/c1-6-14(20(25)26)23-17(24)10-28-16-9-15-13(7-8-22(4,5)30-15)19-18(16)11(2)12(3)21(27)29-19/h9,14H,6-8,10H2,1-5H3,(H,23,24)(H,25,26)/p-1/t14-/m1/s1. The highest BCUT2D eigenvalue weighted by Crippen LogP contribution is 2.43. The number of carbonyl (C=O) groups excluding carboxylic acids is 2. The second-order valence-electron chi connectivity index (χ2n) is 8.19. The van der Waals surface area contributed by atoms with Crippen LogP contribution in [0.15, 0.2) is 15.3 Å². The zero-order chi connectivity index (χ0) is 22.2. The average molecular weight is 416 g/mol. The first-order valence-corrected chi connectivity index (χ1v) is 9.96. The van der Waals surface area contributed by atoms with Crippen molar-refractivity contribution >= 4 is 22.8 Å². The van der Waals surface area contributed by atoms with Crippen LogP contribution in [0.25, 0.3) is 11.0 Å². The molecular formula is C22H26NO7-. The first-order chi connectivity index (χ1) is 14.0. The minimum absolute atomic E-state index is 0.197. The lowest BCUT2D eigenvalue weighted by Crippen LogP contribution is -2.48. The third kappa shape index (κ3) is 4.13. The van der Waals surface area contributed by atoms with Gasteiger partial charge in [0.15, 0.2) is 6.61 Å². The van der Waals surface area contributed by atoms with Gasteiger partial charge < -0.3 is 29.1 Å². The summed E-state index contributed by atoms with van der Waals surface area (Å²) in [6.07, 6.45) is 1.63. The summed E-state index contributed by atoms with van der Waals surface area (Å²) >= 11 is 0. The third-order valence-corrected chi connectivity index (χ3v) is 5.50. The van der Waals surface area contributed by atoms with Crippen molar-refractivity contribution in [3.05, 3.63) is 33.2 Å². The van der Waals surface area contributed by atoms with E-state index >= 15 is 0 Å². The van der Waals surface area contributed by atoms with Gasteiger partial charge in [-0.1, -0.05) is 6.92 Å². The monoisotopic (exact) mass is 416 g/mol. The van der Waals surface area contributed by atoms with Crippen LogP contribution in [0.2, 0.25) is 0 Å². The number of carbonyl (C=O) groups is 2. The Hall–Kier alpha value is -3.03. The van der Waals surface area contributed by atoms with Crippen molar-refractivity contribution in [3.8, 4) is 11.5 Å². The maximum Gasteiger partial charge on any atom is 0.339 e. The fraction of sp³-hybridized carbons (Fsp3) is 0.500. The van der Waals surface area contributed by atoms with E-state index in [2.05, 4.69) is 5.32 Å². The van der Waals surface area contributed by atoms with E-state index < -0.39 is 35.8 Å². The number of aryl methyl sites for hydroxylation is 2. The van der Waals surface area contributed by atoms with Crippen molar-refractivity contribution in [2.45, 2.75) is 65.5 Å². The Balaban J connectivity index is 2.01. The van der Waals surface area contributed by atoms with Crippen LogP contribution in [-0.4, -0.2) is 30.1 Å². The second-order valence-corrected chi connectivity index (χ2v) is 8.19. The van der Waals surface area contributed by atoms with Gasteiger partial charge >= 0.3 is 5.63 Å². The molecule has 1 atom stereocenters. The molecule has 1 aliphatic rings. The molecule has 8 heteroatoms. The van der Waals surface area contributed by atoms with Gasteiger partial charge in [0.05, 0.1) is 17.4 Å². The van der Waals surface area contributed by atoms with Gasteiger partial charge in [-0.2, -0.15) is 0 Å². The van der Waals surface area contributed by atoms with Gasteiger partial charge in [-0.25, -0.2) is 4.79 Å². The summed E-state index contributed by atoms with van der Waals surface area (Å²) in [4.78, 5) is 35.5. The number of amides is 1. The molecule has 1 N–H and O–H groups in total. The Bertz CT molecular complexity index is 1070. The molecule has 1 aromatic heterocycles. The van der Waals surface area contributed by atoms with E-state index in [0.717, 1.165) is 12.0 Å². The lowest BCUT2D eigenvalue weighted by atomic mass is 9.92. The van der Waals surface area contributed by atoms with Crippen molar-refractivity contribution in [2.24, 2.45) is 0 Å². The summed E-state index contributed by atoms with van der Waals surface area (Å²) in [7, 11) is 0. The molecule has 1 amide bonds. The maximum atomic E-state index is 12.3. The minimum atomic E-state index is -1.35. The highest BCUT2D eigenvalue weighted by Gasteiger charge is 2.31. The summed E-state index contributed by atoms with van der Waals surface area (Å²) in [6, 6.07) is 0.612. The quantitative estimate of drug-likeness (QED) is 0.710. The molecule has 30 heavy (non-hydrogen) atoms. The number of hydrogen-bond donors (Lipinski definition) is 1. The molecule has 0 fully saturated rings. The van der Waals surface area contributed by atoms with E-state index in [1.54, 1.807) is 26.8 Å². The zero-order valence-corrected chi connectivity index (χ0v) is 17.8. The molecule has 3 rings (SSSR count). The van der Waals surface area contributed by atoms with Gasteiger partial charge in [0.1, 0.15) is 22.7 Å². The van der Waals surface area contributed by atoms with Gasteiger partial charge in [0.2, 0.25) is 0 Å². The van der Waals surface area contributed by atoms with Gasteiger partial charge in [0.25, 0.3) is 5.91 Å². The number of nitrogens with one attached hydrogen (secondary N) is 1. The Morgan fingerprint density at radius 3 is 2.63 bits per heavy atom. The van der Waals surface area contributed by atoms with Crippen LogP contribution in [0.4, 0.5) is 0 Å². The molecule has 2 heterocycles. The van der Waals surface area contributed by atoms with E-state index in [9.17, 15) is 19.5 Å². The molecule has 2 aromatic rings. The predicted molar refractivity (Wildman–Crippen MR) is 108 cm³/mol. The molecular weight excluding hydrogens is 390 g/mol. The molecule has 0 bridgehead atoms. The Kier molecular flexibility index (Phi) is 5.78. The van der Waals surface area contributed by atoms with Crippen molar-refractivity contribution in [1.29, 1.82) is 0 Å². The van der Waals surface area contributed by atoms with Crippen LogP contribution in [0.5, 0.6) is 11.5 Å². The summed E-state index contributed by atoms with van der Waals surface area (Å²) in [5.41, 5.74) is 1.53. The molecule has 1 aromatic carbocycles. The van der Waals surface area contributed by atoms with Crippen LogP contribution in [0.3, 0.4) is 0 Å². The molecule has 0 spiro atoms. The lowest BCUT2D eigenvalue weighted by molar-refractivity contribution is -0.308. The van der Waals surface area contributed by atoms with Gasteiger partial charge in [0, 0.05) is 17.2 Å². The maximum absolute atomic E-state index is 12.3. The molecule has 8 nitrogen and oxygen atoms in total. The molecule has 0 saturated carbocycles. The number of rotatable bonds is 6. The largest absolute Gasteiger partial charge is 0.548 e. The Morgan fingerprint density at radius 2 is 2.00 bits per heavy atom. The van der Waals surface area contributed by atoms with Crippen LogP contribution >= 0.6 is 0 Å². The smallest absolute Gasteiger partial charge is 0.339 e. The number of fused-ring (bicyclic) bond motifs is 3. The number of carboxylic acids is 1. The summed E-state index contributed by atoms with van der Waals surface area (Å²) in [6.45, 7) is 8.63. The van der Waals surface area contributed by atoms with Gasteiger partial charge in [-0.15, -0.1) is 0 Å². The molecule has 1 aliphatic heterocycles. The summed E-state index contributed by atoms with van der Waals surface area (Å²) < 4.78 is 17.4. The van der Waals surface area contributed by atoms with E-state index in [1.807, 2.05) is 13.8 Å². The first kappa shape index (κ1) is 21.7. The van der Waals surface area contributed by atoms with E-state index in [-0.39, 0.29) is 6.42 Å². The molecule has 0 aliphatic carbocycles. The van der Waals surface area contributed by atoms with Crippen LogP contribution in [0.1, 0.15) is 50.3 Å². The molecule has 0 unspecified atom stereocenters. The fourth-order valence-corrected chi connectivity index (χ4v) is 3.55. The van der Waals surface area contributed by atoms with Crippen LogP contribution < -0.4 is 25.5 Å². The van der Waals surface area contributed by atoms with E-state index in [0.29, 0.717) is 40.0 Å². The SMILES string of the molecule is CC[C@@H](NC(=O)COc1cc2c(c3oc(=O)c(C)c(C)c13)CCC(C)(C)O2)C(=O)[O-]. The average Bonchev–Trinajstić information content (AvgIpc) is 2.67. The number of hydrogen-bond acceptors (Lipinski definition) is 7. The Morgan fingerprint density at radius 1 is 1.30 bits per heavy atom. The second kappa shape index (κ2) is 8.01. The minimum Gasteiger partial charge on any atom is -0.548 e.